The summed E-state index contributed by atoms with van der Waals surface area (Å²) in [5.41, 5.74) is 2.39. The van der Waals surface area contributed by atoms with Crippen molar-refractivity contribution in [3.63, 3.8) is 0 Å². The minimum Gasteiger partial charge on any atom is -0.258 e. The highest BCUT2D eigenvalue weighted by Crippen LogP contribution is 2.17. The first-order valence-corrected chi connectivity index (χ1v) is 4.10. The number of rotatable bonds is 0. The third-order valence-electron chi connectivity index (χ3n) is 1.43. The minimum absolute atomic E-state index is 0.747. The van der Waals surface area contributed by atoms with Crippen molar-refractivity contribution in [3.8, 4) is 0 Å². The van der Waals surface area contributed by atoms with E-state index in [0.717, 1.165) is 20.3 Å². The number of aryl methyl sites for hydroxylation is 1. The van der Waals surface area contributed by atoms with Crippen LogP contribution in [0.3, 0.4) is 0 Å². The molecule has 2 aromatic heterocycles. The number of fused-ring (bicyclic) bond motifs is 1. The second-order valence-electron chi connectivity index (χ2n) is 2.15. The van der Waals surface area contributed by atoms with Gasteiger partial charge < -0.3 is 0 Å². The lowest BCUT2D eigenvalue weighted by Crippen LogP contribution is -1.85. The van der Waals surface area contributed by atoms with E-state index in [-0.39, 0.29) is 0 Å². The van der Waals surface area contributed by atoms with Crippen LogP contribution in [0.4, 0.5) is 0 Å². The molecule has 2 heterocycles. The number of nitrogens with zero attached hydrogens (tertiary/aromatic N) is 3. The molecule has 0 atom stereocenters. The number of hydrogen-bond donors (Lipinski definition) is 0. The summed E-state index contributed by atoms with van der Waals surface area (Å²) >= 11 is 2.15. The summed E-state index contributed by atoms with van der Waals surface area (Å²) in [5, 5.41) is 7.47. The van der Waals surface area contributed by atoms with Gasteiger partial charge in [0.25, 0.3) is 0 Å². The molecule has 0 N–H and O–H groups in total. The van der Waals surface area contributed by atoms with Crippen LogP contribution in [0.1, 0.15) is 5.69 Å². The lowest BCUT2D eigenvalue weighted by molar-refractivity contribution is 0.315. The lowest BCUT2D eigenvalue weighted by Gasteiger charge is -1.90. The maximum Gasteiger partial charge on any atom is 0.157 e. The average molecular weight is 261 g/mol. The van der Waals surface area contributed by atoms with Crippen LogP contribution >= 0.6 is 22.6 Å². The molecule has 56 valence electrons. The quantitative estimate of drug-likeness (QED) is 0.675. The van der Waals surface area contributed by atoms with Gasteiger partial charge in [-0.2, -0.15) is 0 Å². The van der Waals surface area contributed by atoms with Crippen molar-refractivity contribution < 1.29 is 4.63 Å². The summed E-state index contributed by atoms with van der Waals surface area (Å²) < 4.78 is 5.54. The van der Waals surface area contributed by atoms with E-state index in [2.05, 4.69) is 42.5 Å². The normalized spacial score (nSPS) is 10.7. The fourth-order valence-electron chi connectivity index (χ4n) is 0.858. The molecule has 0 aromatic carbocycles. The van der Waals surface area contributed by atoms with Gasteiger partial charge in [0, 0.05) is 6.20 Å². The van der Waals surface area contributed by atoms with Gasteiger partial charge in [0.15, 0.2) is 11.0 Å². The molecule has 0 fully saturated rings. The Morgan fingerprint density at radius 1 is 1.36 bits per heavy atom. The summed E-state index contributed by atoms with van der Waals surface area (Å²) in [7, 11) is 0. The van der Waals surface area contributed by atoms with E-state index in [1.54, 1.807) is 6.20 Å². The summed E-state index contributed by atoms with van der Waals surface area (Å²) in [5.74, 6) is 0. The molecule has 0 saturated heterocycles. The van der Waals surface area contributed by atoms with Crippen LogP contribution in [0, 0.1) is 10.5 Å². The van der Waals surface area contributed by atoms with Crippen LogP contribution in [0.25, 0.3) is 11.0 Å². The van der Waals surface area contributed by atoms with Crippen molar-refractivity contribution in [2.75, 3.05) is 0 Å². The van der Waals surface area contributed by atoms with Crippen molar-refractivity contribution in [1.82, 2.24) is 15.3 Å². The molecule has 4 nitrogen and oxygen atoms in total. The number of hydrogen-bond acceptors (Lipinski definition) is 4. The number of halogens is 1. The van der Waals surface area contributed by atoms with Gasteiger partial charge in [-0.15, -0.1) is 0 Å². The fourth-order valence-corrected chi connectivity index (χ4v) is 1.35. The third kappa shape index (κ3) is 0.991. The second kappa shape index (κ2) is 2.40. The van der Waals surface area contributed by atoms with Gasteiger partial charge in [-0.3, -0.25) is 4.98 Å². The maximum absolute atomic E-state index is 4.58. The predicted molar refractivity (Wildman–Crippen MR) is 47.1 cm³/mol. The largest absolute Gasteiger partial charge is 0.258 e. The molecule has 0 amide bonds. The Kier molecular flexibility index (Phi) is 1.52. The summed E-state index contributed by atoms with van der Waals surface area (Å²) in [4.78, 5) is 4.11. The summed E-state index contributed by atoms with van der Waals surface area (Å²) in [6.07, 6.45) is 1.75. The van der Waals surface area contributed by atoms with E-state index in [1.807, 2.05) is 6.92 Å². The lowest BCUT2D eigenvalue weighted by atomic mass is 10.3. The molecule has 0 radical (unpaired) electrons. The van der Waals surface area contributed by atoms with Gasteiger partial charge in [-0.25, -0.2) is 4.63 Å². The van der Waals surface area contributed by atoms with Crippen LogP contribution in [-0.4, -0.2) is 15.3 Å². The molecular weight excluding hydrogens is 257 g/mol. The molecule has 0 bridgehead atoms. The molecule has 11 heavy (non-hydrogen) atoms. The Balaban J connectivity index is 2.96. The van der Waals surface area contributed by atoms with Gasteiger partial charge in [0.2, 0.25) is 0 Å². The molecule has 0 saturated carbocycles. The van der Waals surface area contributed by atoms with Crippen molar-refractivity contribution in [2.45, 2.75) is 6.92 Å². The minimum atomic E-state index is 0.747. The number of pyridine rings is 1. The molecule has 0 unspecified atom stereocenters. The molecule has 0 aliphatic rings. The van der Waals surface area contributed by atoms with Gasteiger partial charge in [0.05, 0.1) is 9.26 Å². The Morgan fingerprint density at radius 3 is 2.82 bits per heavy atom. The highest BCUT2D eigenvalue weighted by molar-refractivity contribution is 14.1. The molecule has 0 aliphatic carbocycles. The smallest absolute Gasteiger partial charge is 0.157 e. The van der Waals surface area contributed by atoms with E-state index < -0.39 is 0 Å². The monoisotopic (exact) mass is 261 g/mol. The zero-order chi connectivity index (χ0) is 7.84. The third-order valence-corrected chi connectivity index (χ3v) is 2.22. The number of aromatic nitrogens is 3. The molecular formula is C6H4IN3O. The van der Waals surface area contributed by atoms with E-state index in [0.29, 0.717) is 0 Å². The van der Waals surface area contributed by atoms with Crippen LogP contribution in [0.15, 0.2) is 10.8 Å². The van der Waals surface area contributed by atoms with Crippen LogP contribution in [-0.2, 0) is 0 Å². The fraction of sp³-hybridized carbons (Fsp3) is 0.167. The van der Waals surface area contributed by atoms with E-state index in [4.69, 9.17) is 0 Å². The van der Waals surface area contributed by atoms with E-state index >= 15 is 0 Å². The standard InChI is InChI=1S/C6H4IN3O/c1-3-5-6(10-11-9-5)4(7)2-8-3/h2H,1H3. The van der Waals surface area contributed by atoms with Gasteiger partial charge in [0.1, 0.15) is 0 Å². The summed E-state index contributed by atoms with van der Waals surface area (Å²) in [6, 6.07) is 0. The van der Waals surface area contributed by atoms with Crippen molar-refractivity contribution in [3.05, 3.63) is 15.5 Å². The van der Waals surface area contributed by atoms with Gasteiger partial charge in [-0.1, -0.05) is 0 Å². The zero-order valence-corrected chi connectivity index (χ0v) is 7.86. The van der Waals surface area contributed by atoms with E-state index in [9.17, 15) is 0 Å². The zero-order valence-electron chi connectivity index (χ0n) is 5.71. The SMILES string of the molecule is Cc1ncc(I)c2nonc12. The van der Waals surface area contributed by atoms with Crippen LogP contribution in [0.5, 0.6) is 0 Å². The average Bonchev–Trinajstić information content (AvgIpc) is 2.45. The Bertz CT molecular complexity index is 362. The van der Waals surface area contributed by atoms with Crippen molar-refractivity contribution in [1.29, 1.82) is 0 Å². The first-order valence-electron chi connectivity index (χ1n) is 3.02. The molecule has 2 aromatic rings. The molecule has 5 heteroatoms. The van der Waals surface area contributed by atoms with Crippen molar-refractivity contribution in [2.24, 2.45) is 0 Å². The van der Waals surface area contributed by atoms with Crippen LogP contribution in [0.2, 0.25) is 0 Å². The van der Waals surface area contributed by atoms with Crippen molar-refractivity contribution >= 4 is 33.6 Å². The Labute approximate surface area is 76.1 Å². The van der Waals surface area contributed by atoms with Gasteiger partial charge in [-0.05, 0) is 39.8 Å². The highest BCUT2D eigenvalue weighted by atomic mass is 127. The molecule has 0 aliphatic heterocycles. The molecule has 2 rings (SSSR count). The topological polar surface area (TPSA) is 51.8 Å². The first-order chi connectivity index (χ1) is 5.29. The molecule has 0 spiro atoms. The van der Waals surface area contributed by atoms with Crippen LogP contribution < -0.4 is 0 Å². The predicted octanol–water partition coefficient (Wildman–Crippen LogP) is 1.53. The van der Waals surface area contributed by atoms with Gasteiger partial charge >= 0.3 is 0 Å². The van der Waals surface area contributed by atoms with E-state index in [1.165, 1.54) is 0 Å². The Morgan fingerprint density at radius 2 is 2.09 bits per heavy atom. The Hall–Kier alpha value is -0.720. The summed E-state index contributed by atoms with van der Waals surface area (Å²) in [6.45, 7) is 1.88. The first kappa shape index (κ1) is 6.96. The maximum atomic E-state index is 4.58. The highest BCUT2D eigenvalue weighted by Gasteiger charge is 2.07. The second-order valence-corrected chi connectivity index (χ2v) is 3.32.